The van der Waals surface area contributed by atoms with Crippen LogP contribution in [0.1, 0.15) is 13.3 Å². The van der Waals surface area contributed by atoms with Crippen LogP contribution in [0.5, 0.6) is 0 Å². The van der Waals surface area contributed by atoms with E-state index in [1.165, 1.54) is 7.11 Å². The summed E-state index contributed by atoms with van der Waals surface area (Å²) in [7, 11) is 1.36. The van der Waals surface area contributed by atoms with Gasteiger partial charge in [0.1, 0.15) is 0 Å². The highest BCUT2D eigenvalue weighted by Crippen LogP contribution is 2.00. The molecule has 0 radical (unpaired) electrons. The number of terminal acetylenes is 1. The third-order valence-electron chi connectivity index (χ3n) is 1.03. The Morgan fingerprint density at radius 2 is 2.44 bits per heavy atom. The fourth-order valence-electron chi connectivity index (χ4n) is 0.461. The Morgan fingerprint density at radius 3 is 2.78 bits per heavy atom. The van der Waals surface area contributed by atoms with Gasteiger partial charge in [0.15, 0.2) is 0 Å². The van der Waals surface area contributed by atoms with Crippen LogP contribution in [0, 0.1) is 18.3 Å². The lowest BCUT2D eigenvalue weighted by Gasteiger charge is -2.02. The summed E-state index contributed by atoms with van der Waals surface area (Å²) in [6.45, 7) is 1.74. The van der Waals surface area contributed by atoms with Gasteiger partial charge in [-0.1, -0.05) is 6.92 Å². The summed E-state index contributed by atoms with van der Waals surface area (Å²) in [5.41, 5.74) is 0. The van der Waals surface area contributed by atoms with Gasteiger partial charge in [-0.2, -0.15) is 0 Å². The molecule has 0 amide bonds. The molecule has 0 saturated heterocycles. The van der Waals surface area contributed by atoms with E-state index in [2.05, 4.69) is 10.7 Å². The van der Waals surface area contributed by atoms with E-state index >= 15 is 0 Å². The molecule has 0 fully saturated rings. The molecule has 1 atom stereocenters. The predicted molar refractivity (Wildman–Crippen MR) is 34.6 cm³/mol. The molecule has 0 aromatic carbocycles. The Bertz CT molecular complexity index is 132. The molecule has 0 heterocycles. The molecule has 0 unspecified atom stereocenters. The van der Waals surface area contributed by atoms with E-state index in [9.17, 15) is 4.79 Å². The third kappa shape index (κ3) is 2.76. The molecular weight excluding hydrogens is 116 g/mol. The molecule has 9 heavy (non-hydrogen) atoms. The second kappa shape index (κ2) is 3.96. The molecule has 0 rings (SSSR count). The largest absolute Gasteiger partial charge is 0.469 e. The van der Waals surface area contributed by atoms with Crippen molar-refractivity contribution in [2.75, 3.05) is 7.11 Å². The molecular formula is C7H10O2. The van der Waals surface area contributed by atoms with Crippen LogP contribution in [-0.2, 0) is 9.53 Å². The zero-order chi connectivity index (χ0) is 7.28. The van der Waals surface area contributed by atoms with E-state index in [4.69, 9.17) is 6.42 Å². The van der Waals surface area contributed by atoms with Crippen molar-refractivity contribution >= 4 is 5.97 Å². The van der Waals surface area contributed by atoms with Crippen molar-refractivity contribution in [3.05, 3.63) is 0 Å². The Hall–Kier alpha value is -0.970. The number of hydrogen-bond acceptors (Lipinski definition) is 2. The van der Waals surface area contributed by atoms with Crippen LogP contribution in [-0.4, -0.2) is 13.1 Å². The molecule has 0 aliphatic heterocycles. The second-order valence-electron chi connectivity index (χ2n) is 1.83. The molecule has 2 heteroatoms. The van der Waals surface area contributed by atoms with Crippen molar-refractivity contribution in [3.63, 3.8) is 0 Å². The number of rotatable bonds is 2. The van der Waals surface area contributed by atoms with Crippen LogP contribution >= 0.6 is 0 Å². The number of carbonyl (C=O) groups is 1. The van der Waals surface area contributed by atoms with Gasteiger partial charge in [-0.25, -0.2) is 0 Å². The van der Waals surface area contributed by atoms with Gasteiger partial charge in [-0.05, 0) is 0 Å². The lowest BCUT2D eigenvalue weighted by atomic mass is 10.1. The summed E-state index contributed by atoms with van der Waals surface area (Å²) in [5, 5.41) is 0. The highest BCUT2D eigenvalue weighted by atomic mass is 16.5. The molecule has 0 aliphatic carbocycles. The van der Waals surface area contributed by atoms with E-state index in [1.54, 1.807) is 6.92 Å². The van der Waals surface area contributed by atoms with E-state index in [0.29, 0.717) is 6.42 Å². The Kier molecular flexibility index (Phi) is 3.54. The van der Waals surface area contributed by atoms with Crippen molar-refractivity contribution < 1.29 is 9.53 Å². The minimum absolute atomic E-state index is 0.167. The standard InChI is InChI=1S/C7H10O2/c1-4-5-6(2)7(8)9-3/h1,6H,5H2,2-3H3/t6-/m0/s1. The first-order valence-electron chi connectivity index (χ1n) is 2.73. The van der Waals surface area contributed by atoms with E-state index in [-0.39, 0.29) is 11.9 Å². The maximum absolute atomic E-state index is 10.6. The normalized spacial score (nSPS) is 11.7. The van der Waals surface area contributed by atoms with Gasteiger partial charge in [0, 0.05) is 6.42 Å². The van der Waals surface area contributed by atoms with Gasteiger partial charge in [0.25, 0.3) is 0 Å². The first kappa shape index (κ1) is 8.03. The van der Waals surface area contributed by atoms with Crippen LogP contribution in [0.4, 0.5) is 0 Å². The number of hydrogen-bond donors (Lipinski definition) is 0. The maximum atomic E-state index is 10.6. The maximum Gasteiger partial charge on any atom is 0.309 e. The molecule has 0 bridgehead atoms. The second-order valence-corrected chi connectivity index (χ2v) is 1.83. The smallest absolute Gasteiger partial charge is 0.309 e. The van der Waals surface area contributed by atoms with Crippen LogP contribution in [0.3, 0.4) is 0 Å². The first-order valence-corrected chi connectivity index (χ1v) is 2.73. The average molecular weight is 126 g/mol. The van der Waals surface area contributed by atoms with Crippen molar-refractivity contribution in [1.82, 2.24) is 0 Å². The molecule has 50 valence electrons. The quantitative estimate of drug-likeness (QED) is 0.404. The predicted octanol–water partition coefficient (Wildman–Crippen LogP) is 0.819. The van der Waals surface area contributed by atoms with Gasteiger partial charge < -0.3 is 4.74 Å². The number of carbonyl (C=O) groups excluding carboxylic acids is 1. The van der Waals surface area contributed by atoms with Crippen molar-refractivity contribution in [2.24, 2.45) is 5.92 Å². The summed E-state index contributed by atoms with van der Waals surface area (Å²) >= 11 is 0. The fourth-order valence-corrected chi connectivity index (χ4v) is 0.461. The molecule has 2 nitrogen and oxygen atoms in total. The molecule has 0 aromatic heterocycles. The van der Waals surface area contributed by atoms with Crippen LogP contribution in [0.25, 0.3) is 0 Å². The minimum atomic E-state index is -0.243. The fraction of sp³-hybridized carbons (Fsp3) is 0.571. The van der Waals surface area contributed by atoms with Gasteiger partial charge in [-0.3, -0.25) is 4.79 Å². The molecule has 0 aromatic rings. The lowest BCUT2D eigenvalue weighted by Crippen LogP contribution is -2.11. The topological polar surface area (TPSA) is 26.3 Å². The summed E-state index contributed by atoms with van der Waals surface area (Å²) in [6, 6.07) is 0. The van der Waals surface area contributed by atoms with Crippen molar-refractivity contribution in [1.29, 1.82) is 0 Å². The zero-order valence-electron chi connectivity index (χ0n) is 5.68. The third-order valence-corrected chi connectivity index (χ3v) is 1.03. The molecule has 0 N–H and O–H groups in total. The Balaban J connectivity index is 3.62. The van der Waals surface area contributed by atoms with Crippen LogP contribution in [0.2, 0.25) is 0 Å². The van der Waals surface area contributed by atoms with Gasteiger partial charge in [0.2, 0.25) is 0 Å². The Labute approximate surface area is 55.2 Å². The average Bonchev–Trinajstić information content (AvgIpc) is 1.87. The van der Waals surface area contributed by atoms with Crippen LogP contribution in [0.15, 0.2) is 0 Å². The highest BCUT2D eigenvalue weighted by Gasteiger charge is 2.09. The molecule has 0 spiro atoms. The summed E-state index contributed by atoms with van der Waals surface area (Å²) < 4.78 is 4.43. The number of esters is 1. The monoisotopic (exact) mass is 126 g/mol. The minimum Gasteiger partial charge on any atom is -0.469 e. The lowest BCUT2D eigenvalue weighted by molar-refractivity contribution is -0.144. The van der Waals surface area contributed by atoms with Gasteiger partial charge in [-0.15, -0.1) is 12.3 Å². The Morgan fingerprint density at radius 1 is 1.89 bits per heavy atom. The SMILES string of the molecule is C#CC[C@H](C)C(=O)OC. The zero-order valence-corrected chi connectivity index (χ0v) is 5.68. The van der Waals surface area contributed by atoms with Gasteiger partial charge in [0.05, 0.1) is 13.0 Å². The van der Waals surface area contributed by atoms with Crippen molar-refractivity contribution in [2.45, 2.75) is 13.3 Å². The molecule has 0 aliphatic rings. The summed E-state index contributed by atoms with van der Waals surface area (Å²) in [5.74, 6) is 1.97. The highest BCUT2D eigenvalue weighted by molar-refractivity contribution is 5.72. The van der Waals surface area contributed by atoms with Crippen LogP contribution < -0.4 is 0 Å². The summed E-state index contributed by atoms with van der Waals surface area (Å²) in [6.07, 6.45) is 5.42. The summed E-state index contributed by atoms with van der Waals surface area (Å²) in [4.78, 5) is 10.6. The number of methoxy groups -OCH3 is 1. The molecule has 0 saturated carbocycles. The van der Waals surface area contributed by atoms with Gasteiger partial charge >= 0.3 is 5.97 Å². The number of ether oxygens (including phenoxy) is 1. The van der Waals surface area contributed by atoms with E-state index < -0.39 is 0 Å². The van der Waals surface area contributed by atoms with E-state index in [0.717, 1.165) is 0 Å². The van der Waals surface area contributed by atoms with E-state index in [1.807, 2.05) is 0 Å². The first-order chi connectivity index (χ1) is 4.22. The van der Waals surface area contributed by atoms with Crippen molar-refractivity contribution in [3.8, 4) is 12.3 Å².